The van der Waals surface area contributed by atoms with Gasteiger partial charge in [0, 0.05) is 12.8 Å². The Morgan fingerprint density at radius 3 is 2.45 bits per heavy atom. The molecule has 1 unspecified atom stereocenters. The summed E-state index contributed by atoms with van der Waals surface area (Å²) in [5.74, 6) is -2.19. The highest BCUT2D eigenvalue weighted by Gasteiger charge is 2.25. The largest absolute Gasteiger partial charge is 0.478 e. The van der Waals surface area contributed by atoms with Gasteiger partial charge in [-0.15, -0.1) is 0 Å². The van der Waals surface area contributed by atoms with Gasteiger partial charge in [0.25, 0.3) is 11.8 Å². The van der Waals surface area contributed by atoms with Crippen molar-refractivity contribution in [3.05, 3.63) is 35.4 Å². The number of carbonyl (C=O) groups excluding carboxylic acids is 2. The van der Waals surface area contributed by atoms with Crippen LogP contribution >= 0.6 is 11.8 Å². The summed E-state index contributed by atoms with van der Waals surface area (Å²) >= 11 is 1.33. The zero-order valence-corrected chi connectivity index (χ0v) is 12.9. The fourth-order valence-electron chi connectivity index (χ4n) is 1.73. The topological polar surface area (TPSA) is 110 Å². The number of nitrogens with zero attached hydrogens (tertiary/aromatic N) is 2. The van der Waals surface area contributed by atoms with E-state index in [4.69, 9.17) is 10.4 Å². The highest BCUT2D eigenvalue weighted by Crippen LogP contribution is 2.10. The van der Waals surface area contributed by atoms with Gasteiger partial charge in [-0.1, -0.05) is 12.1 Å². The van der Waals surface area contributed by atoms with Gasteiger partial charge in [-0.3, -0.25) is 14.5 Å². The first-order valence-electron chi connectivity index (χ1n) is 6.21. The van der Waals surface area contributed by atoms with Crippen LogP contribution in [0.15, 0.2) is 24.3 Å². The number of aromatic carboxylic acids is 1. The average Bonchev–Trinajstić information content (AvgIpc) is 2.52. The molecule has 1 aromatic carbocycles. The van der Waals surface area contributed by atoms with Crippen LogP contribution in [0.25, 0.3) is 0 Å². The van der Waals surface area contributed by atoms with Gasteiger partial charge >= 0.3 is 5.97 Å². The number of likely N-dealkylation sites (N-methyl/N-ethyl adjacent to an activating group) is 1. The lowest BCUT2D eigenvalue weighted by Gasteiger charge is -2.19. The SMILES string of the molecule is CSCC(NC(=O)c1ccccc1C(=O)O)C(=O)N(C)C#N. The van der Waals surface area contributed by atoms with E-state index in [9.17, 15) is 14.4 Å². The molecule has 0 saturated heterocycles. The molecule has 0 aliphatic heterocycles. The second-order valence-corrected chi connectivity index (χ2v) is 5.24. The third-order valence-corrected chi connectivity index (χ3v) is 3.49. The van der Waals surface area contributed by atoms with Crippen LogP contribution < -0.4 is 5.32 Å². The molecule has 0 aliphatic rings. The summed E-state index contributed by atoms with van der Waals surface area (Å²) in [6.45, 7) is 0. The number of benzene rings is 1. The summed E-state index contributed by atoms with van der Waals surface area (Å²) in [6, 6.07) is 4.81. The number of amides is 2. The van der Waals surface area contributed by atoms with E-state index in [-0.39, 0.29) is 16.9 Å². The van der Waals surface area contributed by atoms with Gasteiger partial charge in [-0.05, 0) is 18.4 Å². The fraction of sp³-hybridized carbons (Fsp3) is 0.286. The number of carboxylic acids is 1. The minimum Gasteiger partial charge on any atom is -0.478 e. The number of carboxylic acid groups (broad SMARTS) is 1. The van der Waals surface area contributed by atoms with Crippen molar-refractivity contribution in [1.29, 1.82) is 5.26 Å². The minimum absolute atomic E-state index is 0.0338. The Labute approximate surface area is 131 Å². The van der Waals surface area contributed by atoms with E-state index in [0.29, 0.717) is 0 Å². The molecular weight excluding hydrogens is 306 g/mol. The Bertz CT molecular complexity index is 627. The fourth-order valence-corrected chi connectivity index (χ4v) is 2.29. The highest BCUT2D eigenvalue weighted by molar-refractivity contribution is 7.98. The Hall–Kier alpha value is -2.53. The average molecular weight is 321 g/mol. The van der Waals surface area contributed by atoms with Crippen LogP contribution in [-0.4, -0.2) is 52.9 Å². The van der Waals surface area contributed by atoms with E-state index >= 15 is 0 Å². The third kappa shape index (κ3) is 4.23. The van der Waals surface area contributed by atoms with Crippen molar-refractivity contribution in [2.45, 2.75) is 6.04 Å². The molecule has 0 aromatic heterocycles. The number of rotatable bonds is 6. The number of nitrogens with one attached hydrogen (secondary N) is 1. The van der Waals surface area contributed by atoms with Gasteiger partial charge in [0.05, 0.1) is 11.1 Å². The molecule has 0 radical (unpaired) electrons. The van der Waals surface area contributed by atoms with E-state index in [1.54, 1.807) is 12.4 Å². The van der Waals surface area contributed by atoms with Crippen molar-refractivity contribution in [2.75, 3.05) is 19.1 Å². The summed E-state index contributed by atoms with van der Waals surface area (Å²) in [6.07, 6.45) is 3.43. The lowest BCUT2D eigenvalue weighted by molar-refractivity contribution is -0.128. The smallest absolute Gasteiger partial charge is 0.336 e. The Morgan fingerprint density at radius 2 is 1.95 bits per heavy atom. The van der Waals surface area contributed by atoms with E-state index in [2.05, 4.69) is 5.32 Å². The second-order valence-electron chi connectivity index (χ2n) is 4.33. The molecule has 0 fully saturated rings. The van der Waals surface area contributed by atoms with Crippen molar-refractivity contribution >= 4 is 29.5 Å². The number of thioether (sulfide) groups is 1. The minimum atomic E-state index is -1.23. The maximum Gasteiger partial charge on any atom is 0.336 e. The lowest BCUT2D eigenvalue weighted by atomic mass is 10.1. The molecule has 116 valence electrons. The van der Waals surface area contributed by atoms with Crippen LogP contribution in [-0.2, 0) is 4.79 Å². The van der Waals surface area contributed by atoms with Crippen LogP contribution in [0.5, 0.6) is 0 Å². The standard InChI is InChI=1S/C14H15N3O4S/c1-17(8-15)13(19)11(7-22-2)16-12(18)9-5-3-4-6-10(9)14(20)21/h3-6,11H,7H2,1-2H3,(H,16,18)(H,20,21). The Balaban J connectivity index is 3.00. The lowest BCUT2D eigenvalue weighted by Crippen LogP contribution is -2.47. The highest BCUT2D eigenvalue weighted by atomic mass is 32.2. The Morgan fingerprint density at radius 1 is 1.36 bits per heavy atom. The molecule has 1 rings (SSSR count). The molecule has 0 saturated carbocycles. The molecule has 0 aliphatic carbocycles. The van der Waals surface area contributed by atoms with Gasteiger partial charge in [-0.2, -0.15) is 17.0 Å². The van der Waals surface area contributed by atoms with Crippen molar-refractivity contribution in [1.82, 2.24) is 10.2 Å². The maximum absolute atomic E-state index is 12.2. The van der Waals surface area contributed by atoms with Gasteiger partial charge in [-0.25, -0.2) is 4.79 Å². The monoisotopic (exact) mass is 321 g/mol. The summed E-state index contributed by atoms with van der Waals surface area (Å²) in [5, 5.41) is 20.3. The zero-order chi connectivity index (χ0) is 16.7. The van der Waals surface area contributed by atoms with Gasteiger partial charge in [0.1, 0.15) is 6.04 Å². The Kier molecular flexibility index (Phi) is 6.41. The second kappa shape index (κ2) is 8.05. The van der Waals surface area contributed by atoms with Crippen molar-refractivity contribution in [3.63, 3.8) is 0 Å². The summed E-state index contributed by atoms with van der Waals surface area (Å²) in [7, 11) is 1.30. The van der Waals surface area contributed by atoms with Crippen LogP contribution in [0.3, 0.4) is 0 Å². The predicted octanol–water partition coefficient (Wildman–Crippen LogP) is 0.786. The van der Waals surface area contributed by atoms with Gasteiger partial charge in [0.15, 0.2) is 6.19 Å². The molecule has 2 N–H and O–H groups in total. The van der Waals surface area contributed by atoms with Crippen LogP contribution in [0.4, 0.5) is 0 Å². The van der Waals surface area contributed by atoms with E-state index < -0.39 is 23.8 Å². The van der Waals surface area contributed by atoms with E-state index in [1.807, 2.05) is 0 Å². The van der Waals surface area contributed by atoms with E-state index in [1.165, 1.54) is 43.1 Å². The quantitative estimate of drug-likeness (QED) is 0.592. The normalized spacial score (nSPS) is 11.1. The van der Waals surface area contributed by atoms with E-state index in [0.717, 1.165) is 4.90 Å². The summed E-state index contributed by atoms with van der Waals surface area (Å²) < 4.78 is 0. The van der Waals surface area contributed by atoms with Crippen molar-refractivity contribution in [3.8, 4) is 6.19 Å². The van der Waals surface area contributed by atoms with Gasteiger partial charge < -0.3 is 10.4 Å². The first-order chi connectivity index (χ1) is 10.4. The van der Waals surface area contributed by atoms with Crippen LogP contribution in [0, 0.1) is 11.5 Å². The number of hydrogen-bond acceptors (Lipinski definition) is 5. The first-order valence-corrected chi connectivity index (χ1v) is 7.61. The van der Waals surface area contributed by atoms with Crippen LogP contribution in [0.1, 0.15) is 20.7 Å². The molecule has 0 bridgehead atoms. The number of hydrogen-bond donors (Lipinski definition) is 2. The predicted molar refractivity (Wildman–Crippen MR) is 81.4 cm³/mol. The summed E-state index contributed by atoms with van der Waals surface area (Å²) in [4.78, 5) is 36.2. The first kappa shape index (κ1) is 17.5. The third-order valence-electron chi connectivity index (χ3n) is 2.82. The molecule has 0 spiro atoms. The number of carbonyl (C=O) groups is 3. The molecule has 8 heteroatoms. The van der Waals surface area contributed by atoms with Gasteiger partial charge in [0.2, 0.25) is 0 Å². The number of nitriles is 1. The molecule has 1 atom stereocenters. The maximum atomic E-state index is 12.2. The molecule has 7 nitrogen and oxygen atoms in total. The zero-order valence-electron chi connectivity index (χ0n) is 12.1. The van der Waals surface area contributed by atoms with Crippen LogP contribution in [0.2, 0.25) is 0 Å². The molecule has 1 aromatic rings. The molecule has 0 heterocycles. The summed E-state index contributed by atoms with van der Waals surface area (Å²) in [5.41, 5.74) is -0.183. The molecule has 2 amide bonds. The van der Waals surface area contributed by atoms with Crippen molar-refractivity contribution < 1.29 is 19.5 Å². The molecular formula is C14H15N3O4S. The molecule has 22 heavy (non-hydrogen) atoms. The van der Waals surface area contributed by atoms with Crippen molar-refractivity contribution in [2.24, 2.45) is 0 Å².